The van der Waals surface area contributed by atoms with Crippen LogP contribution in [0, 0.1) is 0 Å². The molecule has 0 bridgehead atoms. The van der Waals surface area contributed by atoms with Crippen LogP contribution < -0.4 is 16.8 Å². The Morgan fingerprint density at radius 1 is 1.00 bits per heavy atom. The molecule has 0 aromatic heterocycles. The van der Waals surface area contributed by atoms with Crippen molar-refractivity contribution in [2.75, 3.05) is 11.9 Å². The van der Waals surface area contributed by atoms with E-state index in [2.05, 4.69) is 12.2 Å². The molecule has 2 rings (SSSR count). The van der Waals surface area contributed by atoms with Gasteiger partial charge in [0, 0.05) is 17.9 Å². The van der Waals surface area contributed by atoms with Gasteiger partial charge in [0.25, 0.3) is 5.91 Å². The van der Waals surface area contributed by atoms with E-state index >= 15 is 0 Å². The first-order valence-electron chi connectivity index (χ1n) is 12.2. The number of anilines is 1. The van der Waals surface area contributed by atoms with Crippen LogP contribution in [0.3, 0.4) is 0 Å². The Balaban J connectivity index is 1.93. The van der Waals surface area contributed by atoms with Gasteiger partial charge in [0.1, 0.15) is 5.75 Å². The number of phenols is 1. The second-order valence-electron chi connectivity index (χ2n) is 8.71. The molecule has 5 nitrogen and oxygen atoms in total. The number of aryl methyl sites for hydroxylation is 1. The summed E-state index contributed by atoms with van der Waals surface area (Å²) in [6, 6.07) is 8.70. The lowest BCUT2D eigenvalue weighted by Crippen LogP contribution is -2.12. The topological polar surface area (TPSA) is 101 Å². The number of hydrogen-bond acceptors (Lipinski definition) is 4. The number of aromatic hydroxyl groups is 1. The number of alkyl halides is 3. The quantitative estimate of drug-likeness (QED) is 0.224. The summed E-state index contributed by atoms with van der Waals surface area (Å²) in [6.45, 7) is 2.53. The summed E-state index contributed by atoms with van der Waals surface area (Å²) in [5, 5.41) is 12.7. The highest BCUT2D eigenvalue weighted by Gasteiger charge is 2.33. The zero-order valence-electron chi connectivity index (χ0n) is 20.3. The minimum Gasteiger partial charge on any atom is -0.507 e. The maximum Gasteiger partial charge on any atom is 0.416 e. The van der Waals surface area contributed by atoms with Crippen LogP contribution in [0.5, 0.6) is 5.75 Å². The SMILES string of the molecule is CCCCCCCCCc1ccc(NCC/C=C(\N)c2ccc(O)c(C(N)=O)c2)cc1C(F)(F)F. The Bertz CT molecular complexity index is 1000. The molecule has 0 unspecified atom stereocenters. The van der Waals surface area contributed by atoms with Crippen LogP contribution in [0.15, 0.2) is 42.5 Å². The molecule has 0 aliphatic rings. The van der Waals surface area contributed by atoms with E-state index in [-0.39, 0.29) is 11.3 Å². The van der Waals surface area contributed by atoms with Crippen LogP contribution in [0.25, 0.3) is 5.70 Å². The lowest BCUT2D eigenvalue weighted by Gasteiger charge is -2.15. The average Bonchev–Trinajstić information content (AvgIpc) is 2.81. The smallest absolute Gasteiger partial charge is 0.416 e. The van der Waals surface area contributed by atoms with E-state index in [0.717, 1.165) is 25.7 Å². The van der Waals surface area contributed by atoms with Crippen molar-refractivity contribution in [2.24, 2.45) is 11.5 Å². The van der Waals surface area contributed by atoms with Gasteiger partial charge in [-0.3, -0.25) is 4.79 Å². The summed E-state index contributed by atoms with van der Waals surface area (Å²) in [5.74, 6) is -0.999. The van der Waals surface area contributed by atoms with Gasteiger partial charge in [0.05, 0.1) is 11.1 Å². The molecule has 0 radical (unpaired) electrons. The van der Waals surface area contributed by atoms with Gasteiger partial charge in [-0.25, -0.2) is 0 Å². The number of benzene rings is 2. The lowest BCUT2D eigenvalue weighted by atomic mass is 9.99. The molecule has 35 heavy (non-hydrogen) atoms. The molecule has 0 spiro atoms. The standard InChI is InChI=1S/C27H36F3N3O2/c1-2-3-4-5-6-7-8-10-19-12-14-21(18-23(19)27(28,29)30)33-16-9-11-24(31)20-13-15-25(34)22(17-20)26(32)35/h11-15,17-18,33-34H,2-10,16,31H2,1H3,(H2,32,35)/b24-11-. The van der Waals surface area contributed by atoms with Crippen molar-refractivity contribution in [1.29, 1.82) is 0 Å². The van der Waals surface area contributed by atoms with Gasteiger partial charge in [0.15, 0.2) is 0 Å². The fourth-order valence-corrected chi connectivity index (χ4v) is 3.92. The minimum absolute atomic E-state index is 0.0340. The van der Waals surface area contributed by atoms with Crippen molar-refractivity contribution < 1.29 is 23.1 Å². The summed E-state index contributed by atoms with van der Waals surface area (Å²) < 4.78 is 40.9. The molecule has 0 aliphatic carbocycles. The number of halogens is 3. The van der Waals surface area contributed by atoms with E-state index in [0.29, 0.717) is 41.9 Å². The molecule has 0 aliphatic heterocycles. The third-order valence-corrected chi connectivity index (χ3v) is 5.90. The Morgan fingerprint density at radius 2 is 1.69 bits per heavy atom. The number of carbonyl (C=O) groups excluding carboxylic acids is 1. The second-order valence-corrected chi connectivity index (χ2v) is 8.71. The second kappa shape index (κ2) is 13.7. The summed E-state index contributed by atoms with van der Waals surface area (Å²) in [4.78, 5) is 11.4. The highest BCUT2D eigenvalue weighted by molar-refractivity contribution is 5.96. The van der Waals surface area contributed by atoms with E-state index < -0.39 is 17.6 Å². The van der Waals surface area contributed by atoms with Crippen molar-refractivity contribution >= 4 is 17.3 Å². The van der Waals surface area contributed by atoms with E-state index in [1.165, 1.54) is 37.5 Å². The first-order valence-corrected chi connectivity index (χ1v) is 12.2. The Labute approximate surface area is 205 Å². The first kappa shape index (κ1) is 28.1. The van der Waals surface area contributed by atoms with Crippen molar-refractivity contribution in [3.63, 3.8) is 0 Å². The van der Waals surface area contributed by atoms with Crippen LogP contribution in [0.2, 0.25) is 0 Å². The molecule has 0 heterocycles. The number of nitrogens with one attached hydrogen (secondary N) is 1. The van der Waals surface area contributed by atoms with Crippen molar-refractivity contribution in [1.82, 2.24) is 0 Å². The van der Waals surface area contributed by atoms with Crippen molar-refractivity contribution in [3.8, 4) is 5.75 Å². The van der Waals surface area contributed by atoms with Crippen LogP contribution in [0.1, 0.15) is 85.3 Å². The molecule has 0 saturated heterocycles. The summed E-state index contributed by atoms with van der Waals surface area (Å²) >= 11 is 0. The highest BCUT2D eigenvalue weighted by atomic mass is 19.4. The fourth-order valence-electron chi connectivity index (χ4n) is 3.92. The number of amides is 1. The van der Waals surface area contributed by atoms with E-state index in [4.69, 9.17) is 11.5 Å². The number of primary amides is 1. The fraction of sp³-hybridized carbons (Fsp3) is 0.444. The maximum atomic E-state index is 13.6. The Kier molecular flexibility index (Phi) is 11.0. The molecular formula is C27H36F3N3O2. The van der Waals surface area contributed by atoms with E-state index in [1.807, 2.05) is 0 Å². The van der Waals surface area contributed by atoms with Crippen LogP contribution in [0.4, 0.5) is 18.9 Å². The van der Waals surface area contributed by atoms with Crippen molar-refractivity contribution in [2.45, 2.75) is 70.9 Å². The predicted molar refractivity (Wildman–Crippen MR) is 135 cm³/mol. The Morgan fingerprint density at radius 3 is 2.34 bits per heavy atom. The van der Waals surface area contributed by atoms with Gasteiger partial charge in [0.2, 0.25) is 0 Å². The molecule has 0 fully saturated rings. The highest BCUT2D eigenvalue weighted by Crippen LogP contribution is 2.34. The maximum absolute atomic E-state index is 13.6. The molecule has 2 aromatic rings. The molecule has 8 heteroatoms. The number of unbranched alkanes of at least 4 members (excludes halogenated alkanes) is 6. The number of hydrogen-bond donors (Lipinski definition) is 4. The van der Waals surface area contributed by atoms with Crippen LogP contribution >= 0.6 is 0 Å². The van der Waals surface area contributed by atoms with Gasteiger partial charge < -0.3 is 21.9 Å². The largest absolute Gasteiger partial charge is 0.507 e. The third kappa shape index (κ3) is 9.19. The average molecular weight is 492 g/mol. The lowest BCUT2D eigenvalue weighted by molar-refractivity contribution is -0.138. The number of rotatable bonds is 14. The van der Waals surface area contributed by atoms with Crippen molar-refractivity contribution in [3.05, 3.63) is 64.7 Å². The van der Waals surface area contributed by atoms with Gasteiger partial charge in [-0.15, -0.1) is 0 Å². The summed E-state index contributed by atoms with van der Waals surface area (Å²) in [6.07, 6.45) is 5.62. The molecular weight excluding hydrogens is 455 g/mol. The zero-order chi connectivity index (χ0) is 25.8. The number of nitrogens with two attached hydrogens (primary N) is 2. The number of carbonyl (C=O) groups is 1. The van der Waals surface area contributed by atoms with Gasteiger partial charge in [-0.05, 0) is 60.7 Å². The molecule has 192 valence electrons. The van der Waals surface area contributed by atoms with Gasteiger partial charge in [-0.1, -0.05) is 57.6 Å². The van der Waals surface area contributed by atoms with Gasteiger partial charge in [-0.2, -0.15) is 13.2 Å². The van der Waals surface area contributed by atoms with Crippen LogP contribution in [-0.2, 0) is 12.6 Å². The monoisotopic (exact) mass is 491 g/mol. The third-order valence-electron chi connectivity index (χ3n) is 5.90. The first-order chi connectivity index (χ1) is 16.6. The van der Waals surface area contributed by atoms with Gasteiger partial charge >= 0.3 is 6.18 Å². The van der Waals surface area contributed by atoms with E-state index in [1.54, 1.807) is 24.3 Å². The molecule has 0 saturated carbocycles. The van der Waals surface area contributed by atoms with E-state index in [9.17, 15) is 23.1 Å². The summed E-state index contributed by atoms with van der Waals surface area (Å²) in [7, 11) is 0. The molecule has 6 N–H and O–H groups in total. The molecule has 1 amide bonds. The normalized spacial score (nSPS) is 12.1. The minimum atomic E-state index is -4.41. The predicted octanol–water partition coefficient (Wildman–Crippen LogP) is 6.60. The molecule has 0 atom stereocenters. The zero-order valence-corrected chi connectivity index (χ0v) is 20.3. The summed E-state index contributed by atoms with van der Waals surface area (Å²) in [5.41, 5.74) is 12.3. The Hall–Kier alpha value is -3.16. The van der Waals surface area contributed by atoms with Crippen LogP contribution in [-0.4, -0.2) is 17.6 Å². The molecule has 2 aromatic carbocycles.